The van der Waals surface area contributed by atoms with Crippen molar-refractivity contribution in [3.05, 3.63) is 29.8 Å². The van der Waals surface area contributed by atoms with Crippen LogP contribution in [0.2, 0.25) is 0 Å². The van der Waals surface area contributed by atoms with Crippen molar-refractivity contribution in [1.29, 1.82) is 0 Å². The molecule has 1 amide bonds. The molecule has 0 saturated carbocycles. The van der Waals surface area contributed by atoms with Crippen molar-refractivity contribution in [3.63, 3.8) is 0 Å². The molecule has 0 spiro atoms. The van der Waals surface area contributed by atoms with Crippen LogP contribution in [0.5, 0.6) is 0 Å². The molecule has 22 heavy (non-hydrogen) atoms. The van der Waals surface area contributed by atoms with Gasteiger partial charge in [-0.05, 0) is 18.6 Å². The Balaban J connectivity index is 2.17. The molecule has 0 aliphatic rings. The topological polar surface area (TPSA) is 55.4 Å². The van der Waals surface area contributed by atoms with Crippen molar-refractivity contribution in [2.24, 2.45) is 0 Å². The largest absolute Gasteiger partial charge is 0.462 e. The van der Waals surface area contributed by atoms with Crippen molar-refractivity contribution in [3.8, 4) is 0 Å². The van der Waals surface area contributed by atoms with Gasteiger partial charge >= 0.3 is 5.97 Å². The average molecular weight is 305 g/mol. The Morgan fingerprint density at radius 2 is 1.68 bits per heavy atom. The second-order valence-electron chi connectivity index (χ2n) is 5.42. The second-order valence-corrected chi connectivity index (χ2v) is 5.42. The van der Waals surface area contributed by atoms with Gasteiger partial charge < -0.3 is 10.1 Å². The fraction of sp³-hybridized carbons (Fsp3) is 0.556. The number of hydrogen-bond donors (Lipinski definition) is 1. The lowest BCUT2D eigenvalue weighted by Gasteiger charge is -2.08. The molecule has 122 valence electrons. The van der Waals surface area contributed by atoms with Gasteiger partial charge in [0.1, 0.15) is 0 Å². The van der Waals surface area contributed by atoms with E-state index in [0.29, 0.717) is 24.3 Å². The van der Waals surface area contributed by atoms with E-state index in [-0.39, 0.29) is 5.97 Å². The van der Waals surface area contributed by atoms with Crippen LogP contribution in [0.3, 0.4) is 0 Å². The summed E-state index contributed by atoms with van der Waals surface area (Å²) >= 11 is 0. The first-order valence-corrected chi connectivity index (χ1v) is 8.26. The highest BCUT2D eigenvalue weighted by Crippen LogP contribution is 2.16. The lowest BCUT2D eigenvalue weighted by molar-refractivity contribution is -0.105. The minimum atomic E-state index is -0.382. The number of benzene rings is 1. The Morgan fingerprint density at radius 3 is 2.36 bits per heavy atom. The first kappa shape index (κ1) is 18.2. The number of hydrogen-bond acceptors (Lipinski definition) is 3. The molecule has 1 N–H and O–H groups in total. The summed E-state index contributed by atoms with van der Waals surface area (Å²) in [5.74, 6) is -0.382. The predicted molar refractivity (Wildman–Crippen MR) is 89.0 cm³/mol. The number of carbonyl (C=O) groups is 2. The standard InChI is InChI=1S/C18H27NO3/c1-2-3-4-5-6-7-8-11-14-22-18(21)16-12-9-10-13-17(16)19-15-20/h9-10,12-13,15H,2-8,11,14H2,1H3,(H,19,20). The number of unbranched alkanes of at least 4 members (excludes halogenated alkanes) is 7. The van der Waals surface area contributed by atoms with E-state index in [4.69, 9.17) is 4.74 Å². The number of esters is 1. The molecule has 1 aromatic rings. The lowest BCUT2D eigenvalue weighted by atomic mass is 10.1. The summed E-state index contributed by atoms with van der Waals surface area (Å²) in [5.41, 5.74) is 0.882. The van der Waals surface area contributed by atoms with Gasteiger partial charge in [0.2, 0.25) is 6.41 Å². The number of carbonyl (C=O) groups excluding carboxylic acids is 2. The molecule has 1 rings (SSSR count). The molecule has 0 atom stereocenters. The molecular weight excluding hydrogens is 278 g/mol. The van der Waals surface area contributed by atoms with Gasteiger partial charge in [0, 0.05) is 0 Å². The van der Waals surface area contributed by atoms with Crippen LogP contribution in [0, 0.1) is 0 Å². The minimum absolute atomic E-state index is 0.382. The summed E-state index contributed by atoms with van der Waals surface area (Å²) in [6, 6.07) is 6.85. The zero-order valence-corrected chi connectivity index (χ0v) is 13.5. The number of anilines is 1. The monoisotopic (exact) mass is 305 g/mol. The van der Waals surface area contributed by atoms with E-state index in [1.165, 1.54) is 38.5 Å². The van der Waals surface area contributed by atoms with Gasteiger partial charge in [0.15, 0.2) is 0 Å². The van der Waals surface area contributed by atoms with E-state index in [1.807, 2.05) is 0 Å². The minimum Gasteiger partial charge on any atom is -0.462 e. The average Bonchev–Trinajstić information content (AvgIpc) is 2.54. The van der Waals surface area contributed by atoms with Gasteiger partial charge in [0.25, 0.3) is 0 Å². The summed E-state index contributed by atoms with van der Waals surface area (Å²) < 4.78 is 5.27. The maximum Gasteiger partial charge on any atom is 0.340 e. The number of para-hydroxylation sites is 1. The van der Waals surface area contributed by atoms with Crippen molar-refractivity contribution < 1.29 is 14.3 Å². The molecule has 1 aromatic carbocycles. The van der Waals surface area contributed by atoms with Gasteiger partial charge in [-0.2, -0.15) is 0 Å². The van der Waals surface area contributed by atoms with E-state index < -0.39 is 0 Å². The Kier molecular flexibility index (Phi) is 9.75. The van der Waals surface area contributed by atoms with Crippen molar-refractivity contribution in [1.82, 2.24) is 0 Å². The molecule has 0 saturated heterocycles. The summed E-state index contributed by atoms with van der Waals surface area (Å²) in [7, 11) is 0. The van der Waals surface area contributed by atoms with Crippen molar-refractivity contribution >= 4 is 18.1 Å². The molecule has 0 unspecified atom stereocenters. The highest BCUT2D eigenvalue weighted by atomic mass is 16.5. The lowest BCUT2D eigenvalue weighted by Crippen LogP contribution is -2.10. The Hall–Kier alpha value is -1.84. The Labute approximate surface area is 133 Å². The molecule has 0 aliphatic carbocycles. The zero-order chi connectivity index (χ0) is 16.0. The zero-order valence-electron chi connectivity index (χ0n) is 13.5. The molecule has 0 aromatic heterocycles. The number of ether oxygens (including phenoxy) is 1. The molecule has 0 heterocycles. The van der Waals surface area contributed by atoms with Crippen molar-refractivity contribution in [2.75, 3.05) is 11.9 Å². The SMILES string of the molecule is CCCCCCCCCCOC(=O)c1ccccc1NC=O. The van der Waals surface area contributed by atoms with E-state index in [0.717, 1.165) is 12.8 Å². The van der Waals surface area contributed by atoms with Crippen LogP contribution in [0.25, 0.3) is 0 Å². The molecule has 4 heteroatoms. The van der Waals surface area contributed by atoms with Crippen LogP contribution in [0.1, 0.15) is 68.6 Å². The van der Waals surface area contributed by atoms with Crippen LogP contribution in [0.4, 0.5) is 5.69 Å². The smallest absolute Gasteiger partial charge is 0.340 e. The third-order valence-electron chi connectivity index (χ3n) is 3.59. The normalized spacial score (nSPS) is 10.2. The van der Waals surface area contributed by atoms with Crippen molar-refractivity contribution in [2.45, 2.75) is 58.3 Å². The second kappa shape index (κ2) is 11.8. The van der Waals surface area contributed by atoms with Gasteiger partial charge in [-0.15, -0.1) is 0 Å². The highest BCUT2D eigenvalue weighted by molar-refractivity contribution is 5.97. The fourth-order valence-corrected chi connectivity index (χ4v) is 2.33. The maximum atomic E-state index is 12.0. The molecule has 0 fully saturated rings. The molecular formula is C18H27NO3. The van der Waals surface area contributed by atoms with Gasteiger partial charge in [-0.25, -0.2) is 4.79 Å². The summed E-state index contributed by atoms with van der Waals surface area (Å²) in [6.07, 6.45) is 10.2. The van der Waals surface area contributed by atoms with Gasteiger partial charge in [-0.1, -0.05) is 64.0 Å². The number of nitrogens with one attached hydrogen (secondary N) is 1. The quantitative estimate of drug-likeness (QED) is 0.350. The number of amides is 1. The highest BCUT2D eigenvalue weighted by Gasteiger charge is 2.11. The van der Waals surface area contributed by atoms with Crippen LogP contribution in [-0.2, 0) is 9.53 Å². The van der Waals surface area contributed by atoms with Gasteiger partial charge in [0.05, 0.1) is 17.9 Å². The first-order valence-electron chi connectivity index (χ1n) is 8.26. The summed E-state index contributed by atoms with van der Waals surface area (Å²) in [4.78, 5) is 22.5. The summed E-state index contributed by atoms with van der Waals surface area (Å²) in [6.45, 7) is 2.65. The molecule has 0 bridgehead atoms. The van der Waals surface area contributed by atoms with Gasteiger partial charge in [-0.3, -0.25) is 4.79 Å². The third kappa shape index (κ3) is 7.25. The first-order chi connectivity index (χ1) is 10.8. The van der Waals surface area contributed by atoms with Crippen LogP contribution < -0.4 is 5.32 Å². The number of rotatable bonds is 12. The molecule has 0 aliphatic heterocycles. The Morgan fingerprint density at radius 1 is 1.05 bits per heavy atom. The van der Waals surface area contributed by atoms with E-state index >= 15 is 0 Å². The molecule has 0 radical (unpaired) electrons. The van der Waals surface area contributed by atoms with Crippen LogP contribution in [0.15, 0.2) is 24.3 Å². The predicted octanol–water partition coefficient (Wildman–Crippen LogP) is 4.55. The Bertz CT molecular complexity index is 446. The van der Waals surface area contributed by atoms with E-state index in [9.17, 15) is 9.59 Å². The van der Waals surface area contributed by atoms with E-state index in [2.05, 4.69) is 12.2 Å². The third-order valence-corrected chi connectivity index (χ3v) is 3.59. The maximum absolute atomic E-state index is 12.0. The molecule has 4 nitrogen and oxygen atoms in total. The van der Waals surface area contributed by atoms with E-state index in [1.54, 1.807) is 24.3 Å². The van der Waals surface area contributed by atoms with Crippen LogP contribution in [-0.4, -0.2) is 19.0 Å². The van der Waals surface area contributed by atoms with Crippen LogP contribution >= 0.6 is 0 Å². The fourth-order valence-electron chi connectivity index (χ4n) is 2.33. The summed E-state index contributed by atoms with van der Waals surface area (Å²) in [5, 5.41) is 2.51.